The summed E-state index contributed by atoms with van der Waals surface area (Å²) in [4.78, 5) is 16.9. The van der Waals surface area contributed by atoms with E-state index in [9.17, 15) is 17.6 Å². The lowest BCUT2D eigenvalue weighted by Gasteiger charge is -2.25. The third-order valence-electron chi connectivity index (χ3n) is 5.19. The average Bonchev–Trinajstić information content (AvgIpc) is 2.79. The summed E-state index contributed by atoms with van der Waals surface area (Å²) in [6.45, 7) is 3.27. The zero-order chi connectivity index (χ0) is 24.0. The summed E-state index contributed by atoms with van der Waals surface area (Å²) in [6.07, 6.45) is 0. The van der Waals surface area contributed by atoms with E-state index in [0.29, 0.717) is 30.9 Å². The van der Waals surface area contributed by atoms with E-state index in [-0.39, 0.29) is 16.6 Å². The minimum Gasteiger partial charge on any atom is -0.333 e. The van der Waals surface area contributed by atoms with Crippen molar-refractivity contribution in [3.63, 3.8) is 0 Å². The molecule has 3 rings (SSSR count). The largest absolute Gasteiger partial charge is 0.333 e. The number of aryl methyl sites for hydroxylation is 1. The maximum Gasteiger partial charge on any atom is 0.261 e. The molecule has 0 saturated heterocycles. The fourth-order valence-corrected chi connectivity index (χ4v) is 4.36. The Morgan fingerprint density at radius 1 is 0.909 bits per heavy atom. The lowest BCUT2D eigenvalue weighted by atomic mass is 10.1. The Bertz CT molecular complexity index is 1190. The van der Waals surface area contributed by atoms with Crippen LogP contribution in [0.1, 0.15) is 21.5 Å². The molecule has 1 amide bonds. The fourth-order valence-electron chi connectivity index (χ4n) is 3.23. The van der Waals surface area contributed by atoms with Crippen LogP contribution < -0.4 is 4.72 Å². The van der Waals surface area contributed by atoms with Gasteiger partial charge >= 0.3 is 0 Å². The smallest absolute Gasteiger partial charge is 0.261 e. The van der Waals surface area contributed by atoms with E-state index < -0.39 is 10.0 Å². The Labute approximate surface area is 194 Å². The fraction of sp³-hybridized carbons (Fsp3) is 0.240. The van der Waals surface area contributed by atoms with E-state index in [2.05, 4.69) is 4.72 Å². The Morgan fingerprint density at radius 2 is 1.55 bits per heavy atom. The van der Waals surface area contributed by atoms with Gasteiger partial charge in [0.15, 0.2) is 0 Å². The van der Waals surface area contributed by atoms with Crippen molar-refractivity contribution in [2.75, 3.05) is 31.9 Å². The van der Waals surface area contributed by atoms with Crippen LogP contribution in [0.3, 0.4) is 0 Å². The number of rotatable bonds is 9. The van der Waals surface area contributed by atoms with Crippen LogP contribution in [0.4, 0.5) is 10.1 Å². The van der Waals surface area contributed by atoms with Gasteiger partial charge in [-0.05, 0) is 74.6 Å². The van der Waals surface area contributed by atoms with Gasteiger partial charge in [0.1, 0.15) is 5.82 Å². The second-order valence-corrected chi connectivity index (χ2v) is 9.78. The number of para-hydroxylation sites is 1. The second kappa shape index (κ2) is 10.6. The molecular weight excluding hydrogens is 441 g/mol. The highest BCUT2D eigenvalue weighted by Crippen LogP contribution is 2.20. The monoisotopic (exact) mass is 469 g/mol. The maximum atomic E-state index is 13.3. The van der Waals surface area contributed by atoms with Gasteiger partial charge in [-0.25, -0.2) is 12.8 Å². The van der Waals surface area contributed by atoms with Gasteiger partial charge in [-0.1, -0.05) is 30.3 Å². The highest BCUT2D eigenvalue weighted by Gasteiger charge is 2.19. The van der Waals surface area contributed by atoms with Crippen molar-refractivity contribution in [2.24, 2.45) is 0 Å². The molecular formula is C25H28FN3O3S. The molecule has 0 atom stereocenters. The molecule has 0 aliphatic carbocycles. The number of anilines is 1. The van der Waals surface area contributed by atoms with Gasteiger partial charge in [0.2, 0.25) is 0 Å². The second-order valence-electron chi connectivity index (χ2n) is 8.10. The number of nitrogens with one attached hydrogen (secondary N) is 1. The highest BCUT2D eigenvalue weighted by atomic mass is 32.2. The third kappa shape index (κ3) is 6.63. The molecule has 6 nitrogen and oxygen atoms in total. The normalized spacial score (nSPS) is 11.4. The molecule has 0 fully saturated rings. The van der Waals surface area contributed by atoms with Crippen LogP contribution in [0.2, 0.25) is 0 Å². The summed E-state index contributed by atoms with van der Waals surface area (Å²) in [7, 11) is 0.0469. The standard InChI is InChI=1S/C25H28FN3O3S/c1-19-6-4-5-7-24(19)27-33(31,32)23-14-10-21(11-15-23)25(30)29(17-16-28(2)3)18-20-8-12-22(26)13-9-20/h4-15,27H,16-18H2,1-3H3. The van der Waals surface area contributed by atoms with Gasteiger partial charge in [-0.3, -0.25) is 9.52 Å². The van der Waals surface area contributed by atoms with E-state index in [1.807, 2.05) is 38.1 Å². The molecule has 0 heterocycles. The zero-order valence-corrected chi connectivity index (χ0v) is 19.8. The molecule has 33 heavy (non-hydrogen) atoms. The van der Waals surface area contributed by atoms with Crippen LogP contribution in [-0.2, 0) is 16.6 Å². The molecule has 3 aromatic carbocycles. The van der Waals surface area contributed by atoms with E-state index in [4.69, 9.17) is 0 Å². The SMILES string of the molecule is Cc1ccccc1NS(=O)(=O)c1ccc(C(=O)N(CCN(C)C)Cc2ccc(F)cc2)cc1. The molecule has 3 aromatic rings. The van der Waals surface area contributed by atoms with E-state index in [1.54, 1.807) is 29.2 Å². The first-order valence-electron chi connectivity index (χ1n) is 10.5. The molecule has 0 unspecified atom stereocenters. The van der Waals surface area contributed by atoms with Crippen molar-refractivity contribution in [1.82, 2.24) is 9.80 Å². The number of sulfonamides is 1. The molecule has 0 bridgehead atoms. The number of halogens is 1. The quantitative estimate of drug-likeness (QED) is 0.511. The summed E-state index contributed by atoms with van der Waals surface area (Å²) < 4.78 is 41.4. The van der Waals surface area contributed by atoms with Crippen LogP contribution in [-0.4, -0.2) is 51.3 Å². The first-order valence-corrected chi connectivity index (χ1v) is 12.0. The highest BCUT2D eigenvalue weighted by molar-refractivity contribution is 7.92. The summed E-state index contributed by atoms with van der Waals surface area (Å²) >= 11 is 0. The van der Waals surface area contributed by atoms with Crippen LogP contribution in [0.15, 0.2) is 77.7 Å². The molecule has 0 aliphatic heterocycles. The summed E-state index contributed by atoms with van der Waals surface area (Å²) in [5.41, 5.74) is 2.51. The number of carbonyl (C=O) groups is 1. The summed E-state index contributed by atoms with van der Waals surface area (Å²) in [6, 6.07) is 19.0. The average molecular weight is 470 g/mol. The van der Waals surface area contributed by atoms with Gasteiger partial charge < -0.3 is 9.80 Å². The molecule has 1 N–H and O–H groups in total. The lowest BCUT2D eigenvalue weighted by Crippen LogP contribution is -2.36. The van der Waals surface area contributed by atoms with Crippen molar-refractivity contribution >= 4 is 21.6 Å². The zero-order valence-electron chi connectivity index (χ0n) is 19.0. The molecule has 0 aromatic heterocycles. The Kier molecular flexibility index (Phi) is 7.84. The summed E-state index contributed by atoms with van der Waals surface area (Å²) in [5, 5.41) is 0. The van der Waals surface area contributed by atoms with Crippen LogP contribution in [0.25, 0.3) is 0 Å². The van der Waals surface area contributed by atoms with Crippen molar-refractivity contribution in [1.29, 1.82) is 0 Å². The number of carbonyl (C=O) groups excluding carboxylic acids is 1. The van der Waals surface area contributed by atoms with Gasteiger partial charge in [0, 0.05) is 25.2 Å². The van der Waals surface area contributed by atoms with E-state index in [1.165, 1.54) is 36.4 Å². The number of amides is 1. The first kappa shape index (κ1) is 24.4. The predicted molar refractivity (Wildman–Crippen MR) is 128 cm³/mol. The third-order valence-corrected chi connectivity index (χ3v) is 6.57. The molecule has 0 saturated carbocycles. The molecule has 8 heteroatoms. The van der Waals surface area contributed by atoms with Crippen LogP contribution in [0.5, 0.6) is 0 Å². The maximum absolute atomic E-state index is 13.3. The first-order chi connectivity index (χ1) is 15.7. The van der Waals surface area contributed by atoms with Crippen molar-refractivity contribution in [3.05, 3.63) is 95.3 Å². The number of nitrogens with zero attached hydrogens (tertiary/aromatic N) is 2. The van der Waals surface area contributed by atoms with Crippen molar-refractivity contribution < 1.29 is 17.6 Å². The Hall–Kier alpha value is -3.23. The van der Waals surface area contributed by atoms with Gasteiger partial charge in [-0.15, -0.1) is 0 Å². The summed E-state index contributed by atoms with van der Waals surface area (Å²) in [5.74, 6) is -0.557. The predicted octanol–water partition coefficient (Wildman–Crippen LogP) is 4.14. The van der Waals surface area contributed by atoms with Gasteiger partial charge in [0.05, 0.1) is 10.6 Å². The molecule has 0 spiro atoms. The Balaban J connectivity index is 1.79. The topological polar surface area (TPSA) is 69.7 Å². The van der Waals surface area contributed by atoms with Crippen LogP contribution in [0, 0.1) is 12.7 Å². The number of benzene rings is 3. The number of hydrogen-bond acceptors (Lipinski definition) is 4. The van der Waals surface area contributed by atoms with Crippen LogP contribution >= 0.6 is 0 Å². The number of hydrogen-bond donors (Lipinski definition) is 1. The van der Waals surface area contributed by atoms with Crippen molar-refractivity contribution in [3.8, 4) is 0 Å². The molecule has 0 radical (unpaired) electrons. The lowest BCUT2D eigenvalue weighted by molar-refractivity contribution is 0.0732. The van der Waals surface area contributed by atoms with E-state index in [0.717, 1.165) is 11.1 Å². The van der Waals surface area contributed by atoms with Gasteiger partial charge in [-0.2, -0.15) is 0 Å². The molecule has 174 valence electrons. The Morgan fingerprint density at radius 3 is 2.15 bits per heavy atom. The minimum atomic E-state index is -3.79. The minimum absolute atomic E-state index is 0.0701. The van der Waals surface area contributed by atoms with Crippen molar-refractivity contribution in [2.45, 2.75) is 18.4 Å². The van der Waals surface area contributed by atoms with Gasteiger partial charge in [0.25, 0.3) is 15.9 Å². The molecule has 0 aliphatic rings. The van der Waals surface area contributed by atoms with E-state index >= 15 is 0 Å². The number of likely N-dealkylation sites (N-methyl/N-ethyl adjacent to an activating group) is 1.